The zero-order valence-corrected chi connectivity index (χ0v) is 12.6. The smallest absolute Gasteiger partial charge is 0.104 e. The predicted molar refractivity (Wildman–Crippen MR) is 83.8 cm³/mol. The Balaban J connectivity index is 1.83. The molecule has 21 heavy (non-hydrogen) atoms. The maximum absolute atomic E-state index is 5.82. The molecule has 0 radical (unpaired) electrons. The van der Waals surface area contributed by atoms with Crippen LogP contribution in [0.2, 0.25) is 0 Å². The van der Waals surface area contributed by atoms with Crippen molar-refractivity contribution in [3.8, 4) is 11.3 Å². The maximum atomic E-state index is 5.82. The molecule has 1 fully saturated rings. The molecule has 0 aliphatic carbocycles. The van der Waals surface area contributed by atoms with Crippen molar-refractivity contribution in [2.24, 2.45) is 5.73 Å². The summed E-state index contributed by atoms with van der Waals surface area (Å²) < 4.78 is 2.01. The molecule has 5 heteroatoms. The Morgan fingerprint density at radius 1 is 1.10 bits per heavy atom. The Morgan fingerprint density at radius 2 is 1.81 bits per heavy atom. The Hall–Kier alpha value is -1.72. The second kappa shape index (κ2) is 6.37. The topological polar surface area (TPSA) is 60.0 Å². The third kappa shape index (κ3) is 3.14. The molecule has 0 amide bonds. The fourth-order valence-corrected chi connectivity index (χ4v) is 2.91. The van der Waals surface area contributed by atoms with Crippen molar-refractivity contribution >= 4 is 0 Å². The molecule has 5 nitrogen and oxygen atoms in total. The van der Waals surface area contributed by atoms with E-state index in [9.17, 15) is 0 Å². The number of nitrogens with zero attached hydrogens (tertiary/aromatic N) is 4. The number of aryl methyl sites for hydroxylation is 1. The molecule has 2 heterocycles. The van der Waals surface area contributed by atoms with E-state index in [0.717, 1.165) is 30.0 Å². The van der Waals surface area contributed by atoms with Gasteiger partial charge in [-0.3, -0.25) is 0 Å². The van der Waals surface area contributed by atoms with Gasteiger partial charge in [0.2, 0.25) is 0 Å². The van der Waals surface area contributed by atoms with Gasteiger partial charge in [-0.25, -0.2) is 4.68 Å². The first-order valence-electron chi connectivity index (χ1n) is 7.70. The molecular formula is C16H23N5. The largest absolute Gasteiger partial charge is 0.325 e. The number of hydrogen-bond acceptors (Lipinski definition) is 4. The molecule has 1 aromatic heterocycles. The lowest BCUT2D eigenvalue weighted by Crippen LogP contribution is -2.24. The van der Waals surface area contributed by atoms with E-state index in [2.05, 4.69) is 46.4 Å². The standard InChI is InChI=1S/C16H23N5/c1-13-4-6-14(7-5-13)16-15(12-17)18-19-21(16)11-10-20-8-2-3-9-20/h4-7H,2-3,8-12,17H2,1H3. The van der Waals surface area contributed by atoms with Crippen LogP contribution in [-0.4, -0.2) is 39.5 Å². The molecule has 0 bridgehead atoms. The zero-order valence-electron chi connectivity index (χ0n) is 12.6. The average Bonchev–Trinajstić information content (AvgIpc) is 3.15. The minimum Gasteiger partial charge on any atom is -0.325 e. The average molecular weight is 285 g/mol. The van der Waals surface area contributed by atoms with Crippen molar-refractivity contribution in [1.82, 2.24) is 19.9 Å². The molecular weight excluding hydrogens is 262 g/mol. The van der Waals surface area contributed by atoms with Crippen LogP contribution >= 0.6 is 0 Å². The summed E-state index contributed by atoms with van der Waals surface area (Å²) in [6.07, 6.45) is 2.63. The van der Waals surface area contributed by atoms with E-state index in [0.29, 0.717) is 6.54 Å². The fraction of sp³-hybridized carbons (Fsp3) is 0.500. The van der Waals surface area contributed by atoms with Gasteiger partial charge in [-0.1, -0.05) is 35.0 Å². The minimum atomic E-state index is 0.424. The molecule has 1 aliphatic heterocycles. The Bertz CT molecular complexity index is 581. The molecule has 0 atom stereocenters. The van der Waals surface area contributed by atoms with Gasteiger partial charge in [0.05, 0.1) is 12.2 Å². The molecule has 1 saturated heterocycles. The van der Waals surface area contributed by atoms with Gasteiger partial charge >= 0.3 is 0 Å². The SMILES string of the molecule is Cc1ccc(-c2c(CN)nnn2CCN2CCCC2)cc1. The van der Waals surface area contributed by atoms with Crippen LogP contribution in [0.3, 0.4) is 0 Å². The van der Waals surface area contributed by atoms with E-state index in [1.54, 1.807) is 0 Å². The second-order valence-electron chi connectivity index (χ2n) is 5.73. The lowest BCUT2D eigenvalue weighted by molar-refractivity contribution is 0.315. The van der Waals surface area contributed by atoms with Gasteiger partial charge in [-0.2, -0.15) is 0 Å². The monoisotopic (exact) mass is 285 g/mol. The summed E-state index contributed by atoms with van der Waals surface area (Å²) in [6, 6.07) is 8.49. The number of hydrogen-bond donors (Lipinski definition) is 1. The van der Waals surface area contributed by atoms with E-state index >= 15 is 0 Å². The summed E-state index contributed by atoms with van der Waals surface area (Å²) in [5, 5.41) is 8.55. The highest BCUT2D eigenvalue weighted by Gasteiger charge is 2.16. The first-order valence-corrected chi connectivity index (χ1v) is 7.70. The summed E-state index contributed by atoms with van der Waals surface area (Å²) in [5.74, 6) is 0. The highest BCUT2D eigenvalue weighted by atomic mass is 15.4. The third-order valence-corrected chi connectivity index (χ3v) is 4.15. The van der Waals surface area contributed by atoms with Gasteiger partial charge in [0.1, 0.15) is 5.69 Å². The van der Waals surface area contributed by atoms with Crippen molar-refractivity contribution in [2.45, 2.75) is 32.9 Å². The third-order valence-electron chi connectivity index (χ3n) is 4.15. The summed E-state index contributed by atoms with van der Waals surface area (Å²) >= 11 is 0. The van der Waals surface area contributed by atoms with Gasteiger partial charge in [-0.15, -0.1) is 5.10 Å². The van der Waals surface area contributed by atoms with E-state index < -0.39 is 0 Å². The molecule has 2 aromatic rings. The van der Waals surface area contributed by atoms with Crippen LogP contribution in [0.5, 0.6) is 0 Å². The number of likely N-dealkylation sites (tertiary alicyclic amines) is 1. The van der Waals surface area contributed by atoms with Crippen molar-refractivity contribution < 1.29 is 0 Å². The van der Waals surface area contributed by atoms with Crippen LogP contribution in [0, 0.1) is 6.92 Å². The predicted octanol–water partition coefficient (Wildman–Crippen LogP) is 1.81. The lowest BCUT2D eigenvalue weighted by Gasteiger charge is -2.15. The maximum Gasteiger partial charge on any atom is 0.104 e. The van der Waals surface area contributed by atoms with Crippen LogP contribution in [0.25, 0.3) is 11.3 Å². The van der Waals surface area contributed by atoms with Gasteiger partial charge < -0.3 is 10.6 Å². The van der Waals surface area contributed by atoms with Gasteiger partial charge in [0.25, 0.3) is 0 Å². The Labute approximate surface area is 125 Å². The summed E-state index contributed by atoms with van der Waals surface area (Å²) in [6.45, 7) is 6.84. The van der Waals surface area contributed by atoms with Gasteiger partial charge in [0.15, 0.2) is 0 Å². The first-order chi connectivity index (χ1) is 10.3. The zero-order chi connectivity index (χ0) is 14.7. The molecule has 1 aromatic carbocycles. The molecule has 0 unspecified atom stereocenters. The summed E-state index contributed by atoms with van der Waals surface area (Å²) in [7, 11) is 0. The highest BCUT2D eigenvalue weighted by molar-refractivity contribution is 5.62. The van der Waals surface area contributed by atoms with E-state index in [4.69, 9.17) is 5.73 Å². The molecule has 3 rings (SSSR count). The summed E-state index contributed by atoms with van der Waals surface area (Å²) in [5.41, 5.74) is 10.2. The van der Waals surface area contributed by atoms with Crippen molar-refractivity contribution in [2.75, 3.05) is 19.6 Å². The van der Waals surface area contributed by atoms with Crippen molar-refractivity contribution in [1.29, 1.82) is 0 Å². The Kier molecular flexibility index (Phi) is 4.31. The van der Waals surface area contributed by atoms with Crippen LogP contribution in [0.15, 0.2) is 24.3 Å². The lowest BCUT2D eigenvalue weighted by atomic mass is 10.1. The summed E-state index contributed by atoms with van der Waals surface area (Å²) in [4.78, 5) is 2.49. The van der Waals surface area contributed by atoms with Crippen LogP contribution in [0.1, 0.15) is 24.1 Å². The van der Waals surface area contributed by atoms with Crippen LogP contribution in [0.4, 0.5) is 0 Å². The van der Waals surface area contributed by atoms with Crippen LogP contribution < -0.4 is 5.73 Å². The molecule has 1 aliphatic rings. The normalized spacial score (nSPS) is 15.7. The van der Waals surface area contributed by atoms with Crippen molar-refractivity contribution in [3.05, 3.63) is 35.5 Å². The first kappa shape index (κ1) is 14.2. The fourth-order valence-electron chi connectivity index (χ4n) is 2.91. The minimum absolute atomic E-state index is 0.424. The number of aromatic nitrogens is 3. The number of rotatable bonds is 5. The highest BCUT2D eigenvalue weighted by Crippen LogP contribution is 2.22. The number of benzene rings is 1. The van der Waals surface area contributed by atoms with Gasteiger partial charge in [-0.05, 0) is 32.9 Å². The van der Waals surface area contributed by atoms with Crippen molar-refractivity contribution in [3.63, 3.8) is 0 Å². The van der Waals surface area contributed by atoms with E-state index in [1.807, 2.05) is 4.68 Å². The van der Waals surface area contributed by atoms with E-state index in [-0.39, 0.29) is 0 Å². The van der Waals surface area contributed by atoms with E-state index in [1.165, 1.54) is 31.5 Å². The molecule has 0 spiro atoms. The number of nitrogens with two attached hydrogens (primary N) is 1. The molecule has 0 saturated carbocycles. The second-order valence-corrected chi connectivity index (χ2v) is 5.73. The molecule has 112 valence electrons. The van der Waals surface area contributed by atoms with Gasteiger partial charge in [0, 0.05) is 18.7 Å². The van der Waals surface area contributed by atoms with Crippen LogP contribution in [-0.2, 0) is 13.1 Å². The molecule has 2 N–H and O–H groups in total. The quantitative estimate of drug-likeness (QED) is 0.910. The Morgan fingerprint density at radius 3 is 2.48 bits per heavy atom.